The Morgan fingerprint density at radius 1 is 1.26 bits per heavy atom. The number of nitrogens with zero attached hydrogens (tertiary/aromatic N) is 3. The molecule has 0 bridgehead atoms. The molecule has 0 saturated carbocycles. The van der Waals surface area contributed by atoms with Crippen LogP contribution in [0.25, 0.3) is 0 Å². The van der Waals surface area contributed by atoms with E-state index in [0.717, 1.165) is 15.7 Å². The van der Waals surface area contributed by atoms with Crippen LogP contribution in [-0.4, -0.2) is 47.1 Å². The summed E-state index contributed by atoms with van der Waals surface area (Å²) in [5.41, 5.74) is 2.53. The third kappa shape index (κ3) is 3.86. The van der Waals surface area contributed by atoms with Crippen molar-refractivity contribution in [3.05, 3.63) is 46.2 Å². The first kappa shape index (κ1) is 15.9. The van der Waals surface area contributed by atoms with Crippen LogP contribution >= 0.6 is 15.9 Å². The molecule has 0 radical (unpaired) electrons. The van der Waals surface area contributed by atoms with Crippen molar-refractivity contribution >= 4 is 33.5 Å². The summed E-state index contributed by atoms with van der Waals surface area (Å²) >= 11 is 3.50. The number of nitrogens with one attached hydrogen (secondary N) is 1. The van der Waals surface area contributed by atoms with E-state index in [0.29, 0.717) is 37.8 Å². The number of benzene rings is 1. The van der Waals surface area contributed by atoms with Crippen molar-refractivity contribution in [2.45, 2.75) is 6.92 Å². The number of halogens is 1. The Labute approximate surface area is 143 Å². The van der Waals surface area contributed by atoms with Gasteiger partial charge in [-0.25, -0.2) is 9.97 Å². The van der Waals surface area contributed by atoms with E-state index in [1.807, 2.05) is 25.1 Å². The standard InChI is InChI=1S/C16H17BrN4O2/c1-11-2-3-14(13(17)8-11)20-16-18-9-12(10-19-16)15(22)21-4-6-23-7-5-21/h2-3,8-10H,4-7H2,1H3,(H,18,19,20). The van der Waals surface area contributed by atoms with E-state index in [1.165, 1.54) is 0 Å². The average molecular weight is 377 g/mol. The van der Waals surface area contributed by atoms with Gasteiger partial charge in [0.2, 0.25) is 5.95 Å². The van der Waals surface area contributed by atoms with Crippen molar-refractivity contribution in [2.24, 2.45) is 0 Å². The second-order valence-corrected chi connectivity index (χ2v) is 6.16. The summed E-state index contributed by atoms with van der Waals surface area (Å²) in [6.07, 6.45) is 3.10. The van der Waals surface area contributed by atoms with Gasteiger partial charge in [-0.1, -0.05) is 6.07 Å². The molecule has 1 aromatic carbocycles. The number of amides is 1. The Morgan fingerprint density at radius 2 is 1.96 bits per heavy atom. The molecule has 23 heavy (non-hydrogen) atoms. The quantitative estimate of drug-likeness (QED) is 0.891. The fourth-order valence-electron chi connectivity index (χ4n) is 2.29. The molecule has 1 aliphatic heterocycles. The van der Waals surface area contributed by atoms with Crippen molar-refractivity contribution in [2.75, 3.05) is 31.6 Å². The zero-order valence-corrected chi connectivity index (χ0v) is 14.3. The van der Waals surface area contributed by atoms with Crippen LogP contribution in [0.4, 0.5) is 11.6 Å². The predicted octanol–water partition coefficient (Wildman–Crippen LogP) is 2.76. The molecular formula is C16H17BrN4O2. The van der Waals surface area contributed by atoms with Crippen LogP contribution in [0.2, 0.25) is 0 Å². The predicted molar refractivity (Wildman–Crippen MR) is 90.9 cm³/mol. The van der Waals surface area contributed by atoms with Gasteiger partial charge in [0.25, 0.3) is 5.91 Å². The van der Waals surface area contributed by atoms with E-state index >= 15 is 0 Å². The second-order valence-electron chi connectivity index (χ2n) is 5.31. The van der Waals surface area contributed by atoms with Crippen LogP contribution in [-0.2, 0) is 4.74 Å². The van der Waals surface area contributed by atoms with E-state index < -0.39 is 0 Å². The molecule has 1 aliphatic rings. The smallest absolute Gasteiger partial charge is 0.257 e. The lowest BCUT2D eigenvalue weighted by molar-refractivity contribution is 0.0302. The number of hydrogen-bond donors (Lipinski definition) is 1. The third-order valence-corrected chi connectivity index (χ3v) is 4.22. The van der Waals surface area contributed by atoms with Crippen LogP contribution in [0.15, 0.2) is 35.1 Å². The number of aromatic nitrogens is 2. The number of carbonyl (C=O) groups is 1. The van der Waals surface area contributed by atoms with Crippen LogP contribution in [0.1, 0.15) is 15.9 Å². The average Bonchev–Trinajstić information content (AvgIpc) is 2.58. The van der Waals surface area contributed by atoms with E-state index in [2.05, 4.69) is 31.2 Å². The Morgan fingerprint density at radius 3 is 2.61 bits per heavy atom. The summed E-state index contributed by atoms with van der Waals surface area (Å²) in [5.74, 6) is 0.393. The van der Waals surface area contributed by atoms with Crippen LogP contribution in [0.3, 0.4) is 0 Å². The summed E-state index contributed by atoms with van der Waals surface area (Å²) in [4.78, 5) is 22.5. The Kier molecular flexibility index (Phi) is 4.88. The Balaban J connectivity index is 1.70. The molecule has 0 aliphatic carbocycles. The van der Waals surface area contributed by atoms with Crippen molar-refractivity contribution in [1.29, 1.82) is 0 Å². The SMILES string of the molecule is Cc1ccc(Nc2ncc(C(=O)N3CCOCC3)cn2)c(Br)c1. The van der Waals surface area contributed by atoms with Gasteiger partial charge in [-0.3, -0.25) is 4.79 Å². The van der Waals surface area contributed by atoms with Gasteiger partial charge >= 0.3 is 0 Å². The lowest BCUT2D eigenvalue weighted by Crippen LogP contribution is -2.40. The van der Waals surface area contributed by atoms with Gasteiger partial charge in [0.15, 0.2) is 0 Å². The molecule has 0 spiro atoms. The topological polar surface area (TPSA) is 67.4 Å². The van der Waals surface area contributed by atoms with Gasteiger partial charge in [0.05, 0.1) is 24.5 Å². The maximum absolute atomic E-state index is 12.3. The maximum atomic E-state index is 12.3. The molecule has 3 rings (SSSR count). The maximum Gasteiger partial charge on any atom is 0.257 e. The molecule has 1 saturated heterocycles. The number of ether oxygens (including phenoxy) is 1. The molecule has 1 fully saturated rings. The minimum absolute atomic E-state index is 0.0589. The van der Waals surface area contributed by atoms with E-state index in [9.17, 15) is 4.79 Å². The summed E-state index contributed by atoms with van der Waals surface area (Å²) < 4.78 is 6.19. The molecule has 6 nitrogen and oxygen atoms in total. The highest BCUT2D eigenvalue weighted by Crippen LogP contribution is 2.25. The zero-order valence-electron chi connectivity index (χ0n) is 12.8. The van der Waals surface area contributed by atoms with Crippen LogP contribution in [0, 0.1) is 6.92 Å². The first-order valence-electron chi connectivity index (χ1n) is 7.36. The molecule has 1 amide bonds. The lowest BCUT2D eigenvalue weighted by atomic mass is 10.2. The van der Waals surface area contributed by atoms with Crippen LogP contribution in [0.5, 0.6) is 0 Å². The third-order valence-electron chi connectivity index (χ3n) is 3.57. The highest BCUT2D eigenvalue weighted by Gasteiger charge is 2.19. The van der Waals surface area contributed by atoms with Gasteiger partial charge < -0.3 is 15.0 Å². The first-order chi connectivity index (χ1) is 11.1. The summed E-state index contributed by atoms with van der Waals surface area (Å²) in [6, 6.07) is 5.97. The normalized spacial score (nSPS) is 14.6. The molecule has 120 valence electrons. The lowest BCUT2D eigenvalue weighted by Gasteiger charge is -2.26. The minimum atomic E-state index is -0.0589. The number of aryl methyl sites for hydroxylation is 1. The number of hydrogen-bond acceptors (Lipinski definition) is 5. The van der Waals surface area contributed by atoms with Crippen molar-refractivity contribution in [3.8, 4) is 0 Å². The number of carbonyl (C=O) groups excluding carboxylic acids is 1. The molecule has 1 aromatic heterocycles. The number of morpholine rings is 1. The monoisotopic (exact) mass is 376 g/mol. The molecule has 0 atom stereocenters. The van der Waals surface area contributed by atoms with Gasteiger partial charge in [-0.15, -0.1) is 0 Å². The highest BCUT2D eigenvalue weighted by atomic mass is 79.9. The fourth-order valence-corrected chi connectivity index (χ4v) is 2.89. The van der Waals surface area contributed by atoms with Crippen molar-refractivity contribution in [1.82, 2.24) is 14.9 Å². The van der Waals surface area contributed by atoms with Gasteiger partial charge in [0, 0.05) is 30.0 Å². The number of rotatable bonds is 3. The van der Waals surface area contributed by atoms with E-state index in [1.54, 1.807) is 17.3 Å². The molecular weight excluding hydrogens is 360 g/mol. The van der Waals surface area contributed by atoms with Gasteiger partial charge in [-0.05, 0) is 40.5 Å². The molecule has 0 unspecified atom stereocenters. The summed E-state index contributed by atoms with van der Waals surface area (Å²) in [6.45, 7) is 4.39. The summed E-state index contributed by atoms with van der Waals surface area (Å²) in [7, 11) is 0. The Hall–Kier alpha value is -1.99. The van der Waals surface area contributed by atoms with Crippen molar-refractivity contribution < 1.29 is 9.53 Å². The van der Waals surface area contributed by atoms with Gasteiger partial charge in [-0.2, -0.15) is 0 Å². The van der Waals surface area contributed by atoms with E-state index in [-0.39, 0.29) is 5.91 Å². The summed E-state index contributed by atoms with van der Waals surface area (Å²) in [5, 5.41) is 3.13. The minimum Gasteiger partial charge on any atom is -0.378 e. The van der Waals surface area contributed by atoms with E-state index in [4.69, 9.17) is 4.74 Å². The zero-order chi connectivity index (χ0) is 16.2. The second kappa shape index (κ2) is 7.06. The molecule has 2 aromatic rings. The first-order valence-corrected chi connectivity index (χ1v) is 8.15. The Bertz CT molecular complexity index is 700. The highest BCUT2D eigenvalue weighted by molar-refractivity contribution is 9.10. The van der Waals surface area contributed by atoms with Crippen LogP contribution < -0.4 is 5.32 Å². The van der Waals surface area contributed by atoms with Gasteiger partial charge in [0.1, 0.15) is 0 Å². The molecule has 2 heterocycles. The number of anilines is 2. The molecule has 7 heteroatoms. The van der Waals surface area contributed by atoms with Crippen molar-refractivity contribution in [3.63, 3.8) is 0 Å². The molecule has 1 N–H and O–H groups in total. The largest absolute Gasteiger partial charge is 0.378 e. The fraction of sp³-hybridized carbons (Fsp3) is 0.312.